The van der Waals surface area contributed by atoms with Gasteiger partial charge in [-0.1, -0.05) is 35.9 Å². The zero-order valence-electron chi connectivity index (χ0n) is 13.7. The van der Waals surface area contributed by atoms with E-state index in [9.17, 15) is 18.0 Å². The first-order valence-electron chi connectivity index (χ1n) is 7.69. The van der Waals surface area contributed by atoms with Gasteiger partial charge in [-0.15, -0.1) is 0 Å². The second kappa shape index (κ2) is 8.79. The van der Waals surface area contributed by atoms with Gasteiger partial charge in [0.25, 0.3) is 0 Å². The second-order valence-electron chi connectivity index (χ2n) is 5.42. The first-order chi connectivity index (χ1) is 12.3. The van der Waals surface area contributed by atoms with Gasteiger partial charge in [-0.05, 0) is 29.8 Å². The zero-order chi connectivity index (χ0) is 19.2. The van der Waals surface area contributed by atoms with Crippen molar-refractivity contribution >= 4 is 33.4 Å². The Labute approximate surface area is 156 Å². The average Bonchev–Trinajstić information content (AvgIpc) is 2.60. The van der Waals surface area contributed by atoms with Crippen LogP contribution in [0.2, 0.25) is 5.02 Å². The fourth-order valence-corrected chi connectivity index (χ4v) is 3.71. The minimum Gasteiger partial charge on any atom is -0.366 e. The number of nitrogens with two attached hydrogens (primary N) is 1. The van der Waals surface area contributed by atoms with E-state index in [0.29, 0.717) is 11.1 Å². The van der Waals surface area contributed by atoms with Crippen LogP contribution < -0.4 is 15.8 Å². The summed E-state index contributed by atoms with van der Waals surface area (Å²) in [5.74, 6) is -0.886. The van der Waals surface area contributed by atoms with Gasteiger partial charge in [0.2, 0.25) is 21.8 Å². The first kappa shape index (κ1) is 19.9. The number of amides is 2. The molecule has 9 heteroatoms. The normalized spacial score (nSPS) is 11.1. The highest BCUT2D eigenvalue weighted by molar-refractivity contribution is 7.89. The Balaban J connectivity index is 1.83. The molecule has 7 nitrogen and oxygen atoms in total. The number of carbonyl (C=O) groups excluding carboxylic acids is 2. The Hall–Kier alpha value is -2.42. The van der Waals surface area contributed by atoms with Crippen LogP contribution in [-0.2, 0) is 21.4 Å². The molecule has 0 bridgehead atoms. The highest BCUT2D eigenvalue weighted by atomic mass is 35.5. The van der Waals surface area contributed by atoms with Gasteiger partial charge in [0.05, 0.1) is 5.02 Å². The minimum atomic E-state index is -3.78. The van der Waals surface area contributed by atoms with Crippen molar-refractivity contribution in [1.82, 2.24) is 10.0 Å². The van der Waals surface area contributed by atoms with Crippen LogP contribution in [0, 0.1) is 0 Å². The third kappa shape index (κ3) is 5.55. The molecular weight excluding hydrogens is 378 g/mol. The van der Waals surface area contributed by atoms with Crippen LogP contribution in [-0.4, -0.2) is 26.8 Å². The van der Waals surface area contributed by atoms with Gasteiger partial charge in [0.15, 0.2) is 0 Å². The molecule has 4 N–H and O–H groups in total. The summed E-state index contributed by atoms with van der Waals surface area (Å²) in [4.78, 5) is 23.0. The first-order valence-corrected chi connectivity index (χ1v) is 9.55. The molecule has 0 fully saturated rings. The average molecular weight is 396 g/mol. The summed E-state index contributed by atoms with van der Waals surface area (Å²) >= 11 is 5.87. The number of carbonyl (C=O) groups is 2. The SMILES string of the molecule is NC(=O)c1cccc(CNC(=O)CCNS(=O)(=O)c2ccccc2Cl)c1. The third-order valence-corrected chi connectivity index (χ3v) is 5.43. The summed E-state index contributed by atoms with van der Waals surface area (Å²) < 4.78 is 26.6. The van der Waals surface area contributed by atoms with Gasteiger partial charge in [0.1, 0.15) is 4.90 Å². The zero-order valence-corrected chi connectivity index (χ0v) is 15.3. The van der Waals surface area contributed by atoms with Crippen molar-refractivity contribution < 1.29 is 18.0 Å². The van der Waals surface area contributed by atoms with E-state index in [0.717, 1.165) is 0 Å². The molecule has 2 amide bonds. The van der Waals surface area contributed by atoms with E-state index >= 15 is 0 Å². The van der Waals surface area contributed by atoms with Crippen LogP contribution >= 0.6 is 11.6 Å². The monoisotopic (exact) mass is 395 g/mol. The fourth-order valence-electron chi connectivity index (χ4n) is 2.16. The highest BCUT2D eigenvalue weighted by Crippen LogP contribution is 2.19. The van der Waals surface area contributed by atoms with E-state index in [-0.39, 0.29) is 35.3 Å². The maximum Gasteiger partial charge on any atom is 0.248 e. The Morgan fingerprint density at radius 2 is 1.81 bits per heavy atom. The Morgan fingerprint density at radius 3 is 2.50 bits per heavy atom. The summed E-state index contributed by atoms with van der Waals surface area (Å²) in [6.07, 6.45) is -0.0425. The molecule has 0 radical (unpaired) electrons. The van der Waals surface area contributed by atoms with Crippen LogP contribution in [0.4, 0.5) is 0 Å². The lowest BCUT2D eigenvalue weighted by Crippen LogP contribution is -2.30. The van der Waals surface area contributed by atoms with Crippen molar-refractivity contribution in [2.75, 3.05) is 6.54 Å². The molecule has 26 heavy (non-hydrogen) atoms. The smallest absolute Gasteiger partial charge is 0.248 e. The number of nitrogens with one attached hydrogen (secondary N) is 2. The predicted octanol–water partition coefficient (Wildman–Crippen LogP) is 1.42. The van der Waals surface area contributed by atoms with E-state index in [1.165, 1.54) is 12.1 Å². The molecule has 0 atom stereocenters. The summed E-state index contributed by atoms with van der Waals surface area (Å²) in [5, 5.41) is 2.76. The van der Waals surface area contributed by atoms with Crippen molar-refractivity contribution in [2.45, 2.75) is 17.9 Å². The molecule has 0 spiro atoms. The van der Waals surface area contributed by atoms with Crippen LogP contribution in [0.15, 0.2) is 53.4 Å². The van der Waals surface area contributed by atoms with Gasteiger partial charge < -0.3 is 11.1 Å². The maximum absolute atomic E-state index is 12.1. The second-order valence-corrected chi connectivity index (χ2v) is 7.56. The van der Waals surface area contributed by atoms with Crippen molar-refractivity contribution in [2.24, 2.45) is 5.73 Å². The molecule has 0 saturated heterocycles. The Morgan fingerprint density at radius 1 is 1.08 bits per heavy atom. The number of hydrogen-bond donors (Lipinski definition) is 3. The molecule has 138 valence electrons. The topological polar surface area (TPSA) is 118 Å². The van der Waals surface area contributed by atoms with Gasteiger partial charge >= 0.3 is 0 Å². The summed E-state index contributed by atoms with van der Waals surface area (Å²) in [7, 11) is -3.78. The number of halogens is 1. The predicted molar refractivity (Wildman–Crippen MR) is 98.1 cm³/mol. The van der Waals surface area contributed by atoms with Crippen LogP contribution in [0.1, 0.15) is 22.3 Å². The number of sulfonamides is 1. The van der Waals surface area contributed by atoms with Gasteiger partial charge in [0, 0.05) is 25.1 Å². The summed E-state index contributed by atoms with van der Waals surface area (Å²) in [6, 6.07) is 12.6. The molecule has 0 aliphatic carbocycles. The standard InChI is InChI=1S/C17H18ClN3O4S/c18-14-6-1-2-7-15(14)26(24,25)21-9-8-16(22)20-11-12-4-3-5-13(10-12)17(19)23/h1-7,10,21H,8-9,11H2,(H2,19,23)(H,20,22). The van der Waals surface area contributed by atoms with E-state index in [1.807, 2.05) is 0 Å². The van der Waals surface area contributed by atoms with Crippen LogP contribution in [0.25, 0.3) is 0 Å². The summed E-state index contributed by atoms with van der Waals surface area (Å²) in [6.45, 7) is 0.137. The lowest BCUT2D eigenvalue weighted by atomic mass is 10.1. The van der Waals surface area contributed by atoms with E-state index < -0.39 is 15.9 Å². The Bertz CT molecular complexity index is 916. The minimum absolute atomic E-state index is 0.0367. The third-order valence-electron chi connectivity index (χ3n) is 3.47. The largest absolute Gasteiger partial charge is 0.366 e. The van der Waals surface area contributed by atoms with Crippen molar-refractivity contribution in [3.05, 3.63) is 64.7 Å². The number of hydrogen-bond acceptors (Lipinski definition) is 4. The van der Waals surface area contributed by atoms with Gasteiger partial charge in [-0.25, -0.2) is 13.1 Å². The van der Waals surface area contributed by atoms with Crippen molar-refractivity contribution in [3.63, 3.8) is 0 Å². The quantitative estimate of drug-likeness (QED) is 0.626. The molecule has 0 aliphatic rings. The number of rotatable bonds is 8. The fraction of sp³-hybridized carbons (Fsp3) is 0.176. The molecule has 2 aromatic carbocycles. The molecule has 0 heterocycles. The molecular formula is C17H18ClN3O4S. The van der Waals surface area contributed by atoms with Crippen LogP contribution in [0.3, 0.4) is 0 Å². The number of primary amides is 1. The summed E-state index contributed by atoms with van der Waals surface area (Å²) in [5.41, 5.74) is 6.27. The molecule has 0 aliphatic heterocycles. The molecule has 0 saturated carbocycles. The Kier molecular flexibility index (Phi) is 6.73. The van der Waals surface area contributed by atoms with E-state index in [2.05, 4.69) is 10.0 Å². The van der Waals surface area contributed by atoms with E-state index in [1.54, 1.807) is 36.4 Å². The van der Waals surface area contributed by atoms with Crippen LogP contribution in [0.5, 0.6) is 0 Å². The van der Waals surface area contributed by atoms with Gasteiger partial charge in [-0.3, -0.25) is 9.59 Å². The lowest BCUT2D eigenvalue weighted by molar-refractivity contribution is -0.121. The maximum atomic E-state index is 12.1. The van der Waals surface area contributed by atoms with Crippen molar-refractivity contribution in [1.29, 1.82) is 0 Å². The molecule has 0 aromatic heterocycles. The molecule has 2 aromatic rings. The highest BCUT2D eigenvalue weighted by Gasteiger charge is 2.17. The van der Waals surface area contributed by atoms with E-state index in [4.69, 9.17) is 17.3 Å². The molecule has 0 unspecified atom stereocenters. The lowest BCUT2D eigenvalue weighted by Gasteiger charge is -2.09. The van der Waals surface area contributed by atoms with Crippen molar-refractivity contribution in [3.8, 4) is 0 Å². The molecule has 2 rings (SSSR count). The number of benzene rings is 2. The van der Waals surface area contributed by atoms with Gasteiger partial charge in [-0.2, -0.15) is 0 Å².